The van der Waals surface area contributed by atoms with Crippen LogP contribution in [-0.4, -0.2) is 23.5 Å². The highest BCUT2D eigenvalue weighted by Gasteiger charge is 2.22. The lowest BCUT2D eigenvalue weighted by molar-refractivity contribution is 0.102. The van der Waals surface area contributed by atoms with Gasteiger partial charge in [0.1, 0.15) is 0 Å². The third-order valence-electron chi connectivity index (χ3n) is 5.95. The Kier molecular flexibility index (Phi) is 4.57. The Morgan fingerprint density at radius 1 is 1.07 bits per heavy atom. The molecule has 1 aliphatic rings. The SMILES string of the molecule is CCNC1CCc2[nH]c3ccc(NC(=O)c4ccc5ccccc5c4)cc3c2C1. The molecular weight excluding hydrogens is 358 g/mol. The molecule has 0 fully saturated rings. The highest BCUT2D eigenvalue weighted by atomic mass is 16.1. The second kappa shape index (κ2) is 7.37. The number of anilines is 1. The molecule has 29 heavy (non-hydrogen) atoms. The van der Waals surface area contributed by atoms with E-state index in [0.29, 0.717) is 11.6 Å². The fourth-order valence-electron chi connectivity index (χ4n) is 4.49. The molecular formula is C25H25N3O. The molecule has 1 aliphatic carbocycles. The van der Waals surface area contributed by atoms with Crippen LogP contribution in [0.4, 0.5) is 5.69 Å². The van der Waals surface area contributed by atoms with Crippen LogP contribution in [-0.2, 0) is 12.8 Å². The average molecular weight is 383 g/mol. The van der Waals surface area contributed by atoms with Crippen molar-refractivity contribution in [3.05, 3.63) is 77.5 Å². The van der Waals surface area contributed by atoms with Gasteiger partial charge < -0.3 is 15.6 Å². The molecule has 1 unspecified atom stereocenters. The molecule has 5 rings (SSSR count). The van der Waals surface area contributed by atoms with Gasteiger partial charge in [-0.2, -0.15) is 0 Å². The molecule has 4 nitrogen and oxygen atoms in total. The number of hydrogen-bond acceptors (Lipinski definition) is 2. The largest absolute Gasteiger partial charge is 0.358 e. The summed E-state index contributed by atoms with van der Waals surface area (Å²) in [6.07, 6.45) is 3.27. The molecule has 0 saturated carbocycles. The zero-order valence-corrected chi connectivity index (χ0v) is 16.6. The van der Waals surface area contributed by atoms with E-state index in [1.807, 2.05) is 42.5 Å². The number of H-pyrrole nitrogens is 1. The molecule has 0 spiro atoms. The van der Waals surface area contributed by atoms with Crippen LogP contribution in [0.2, 0.25) is 0 Å². The topological polar surface area (TPSA) is 56.9 Å². The minimum atomic E-state index is -0.0787. The Morgan fingerprint density at radius 3 is 2.79 bits per heavy atom. The number of amides is 1. The van der Waals surface area contributed by atoms with Crippen molar-refractivity contribution in [1.29, 1.82) is 0 Å². The summed E-state index contributed by atoms with van der Waals surface area (Å²) in [5.41, 5.74) is 5.39. The predicted molar refractivity (Wildman–Crippen MR) is 120 cm³/mol. The number of aromatic amines is 1. The van der Waals surface area contributed by atoms with Crippen molar-refractivity contribution in [3.63, 3.8) is 0 Å². The smallest absolute Gasteiger partial charge is 0.255 e. The normalized spacial score (nSPS) is 16.1. The monoisotopic (exact) mass is 383 g/mol. The Labute approximate surface area is 170 Å². The van der Waals surface area contributed by atoms with E-state index in [1.54, 1.807) is 0 Å². The number of benzene rings is 3. The fraction of sp³-hybridized carbons (Fsp3) is 0.240. The lowest BCUT2D eigenvalue weighted by Crippen LogP contribution is -2.34. The molecule has 0 radical (unpaired) electrons. The van der Waals surface area contributed by atoms with E-state index in [0.717, 1.165) is 41.4 Å². The molecule has 3 aromatic carbocycles. The van der Waals surface area contributed by atoms with Crippen LogP contribution in [0.3, 0.4) is 0 Å². The molecule has 1 aromatic heterocycles. The van der Waals surface area contributed by atoms with Crippen LogP contribution in [0, 0.1) is 0 Å². The number of fused-ring (bicyclic) bond motifs is 4. The first kappa shape index (κ1) is 18.0. The van der Waals surface area contributed by atoms with Gasteiger partial charge in [0.15, 0.2) is 0 Å². The van der Waals surface area contributed by atoms with Gasteiger partial charge in [-0.15, -0.1) is 0 Å². The summed E-state index contributed by atoms with van der Waals surface area (Å²) in [5, 5.41) is 10.1. The maximum atomic E-state index is 12.8. The molecule has 1 amide bonds. The molecule has 0 saturated heterocycles. The summed E-state index contributed by atoms with van der Waals surface area (Å²) in [6.45, 7) is 3.15. The van der Waals surface area contributed by atoms with E-state index in [1.165, 1.54) is 23.1 Å². The highest BCUT2D eigenvalue weighted by Crippen LogP contribution is 2.31. The van der Waals surface area contributed by atoms with E-state index in [-0.39, 0.29) is 5.91 Å². The molecule has 0 aliphatic heterocycles. The minimum Gasteiger partial charge on any atom is -0.358 e. The number of aromatic nitrogens is 1. The van der Waals surface area contributed by atoms with Crippen molar-refractivity contribution in [2.45, 2.75) is 32.2 Å². The van der Waals surface area contributed by atoms with Crippen molar-refractivity contribution >= 4 is 33.3 Å². The first-order valence-corrected chi connectivity index (χ1v) is 10.4. The number of hydrogen-bond donors (Lipinski definition) is 3. The van der Waals surface area contributed by atoms with Crippen molar-refractivity contribution in [1.82, 2.24) is 10.3 Å². The van der Waals surface area contributed by atoms with Crippen molar-refractivity contribution in [2.24, 2.45) is 0 Å². The number of nitrogens with one attached hydrogen (secondary N) is 3. The van der Waals surface area contributed by atoms with Gasteiger partial charge in [0, 0.05) is 33.9 Å². The summed E-state index contributed by atoms with van der Waals surface area (Å²) in [4.78, 5) is 16.4. The molecule has 4 heteroatoms. The van der Waals surface area contributed by atoms with E-state index in [9.17, 15) is 4.79 Å². The molecule has 1 heterocycles. The highest BCUT2D eigenvalue weighted by molar-refractivity contribution is 6.07. The van der Waals surface area contributed by atoms with Gasteiger partial charge in [0.25, 0.3) is 5.91 Å². The third-order valence-corrected chi connectivity index (χ3v) is 5.95. The summed E-state index contributed by atoms with van der Waals surface area (Å²) in [7, 11) is 0. The van der Waals surface area contributed by atoms with E-state index in [2.05, 4.69) is 40.7 Å². The van der Waals surface area contributed by atoms with Crippen LogP contribution in [0.1, 0.15) is 35.0 Å². The van der Waals surface area contributed by atoms with Crippen LogP contribution < -0.4 is 10.6 Å². The average Bonchev–Trinajstić information content (AvgIpc) is 3.11. The van der Waals surface area contributed by atoms with Gasteiger partial charge >= 0.3 is 0 Å². The van der Waals surface area contributed by atoms with Crippen LogP contribution >= 0.6 is 0 Å². The molecule has 4 aromatic rings. The maximum Gasteiger partial charge on any atom is 0.255 e. The standard InChI is InChI=1S/C25H25N3O/c1-2-26-19-9-11-23-21(14-19)22-15-20(10-12-24(22)28-23)27-25(29)18-8-7-16-5-3-4-6-17(16)13-18/h3-8,10,12-13,15,19,26,28H,2,9,11,14H2,1H3,(H,27,29). The summed E-state index contributed by atoms with van der Waals surface area (Å²) >= 11 is 0. The summed E-state index contributed by atoms with van der Waals surface area (Å²) in [5.74, 6) is -0.0787. The van der Waals surface area contributed by atoms with Crippen molar-refractivity contribution < 1.29 is 4.79 Å². The van der Waals surface area contributed by atoms with Gasteiger partial charge in [0.2, 0.25) is 0 Å². The molecule has 146 valence electrons. The minimum absolute atomic E-state index is 0.0787. The van der Waals surface area contributed by atoms with Gasteiger partial charge in [0.05, 0.1) is 0 Å². The quantitative estimate of drug-likeness (QED) is 0.462. The number of aryl methyl sites for hydroxylation is 1. The van der Waals surface area contributed by atoms with Crippen LogP contribution in [0.25, 0.3) is 21.7 Å². The van der Waals surface area contributed by atoms with Gasteiger partial charge in [-0.1, -0.05) is 37.3 Å². The van der Waals surface area contributed by atoms with Crippen molar-refractivity contribution in [2.75, 3.05) is 11.9 Å². The number of likely N-dealkylation sites (N-methyl/N-ethyl adjacent to an activating group) is 1. The van der Waals surface area contributed by atoms with Gasteiger partial charge in [-0.25, -0.2) is 0 Å². The van der Waals surface area contributed by atoms with Crippen LogP contribution in [0.15, 0.2) is 60.7 Å². The van der Waals surface area contributed by atoms with Gasteiger partial charge in [-0.3, -0.25) is 4.79 Å². The first-order chi connectivity index (χ1) is 14.2. The maximum absolute atomic E-state index is 12.8. The number of carbonyl (C=O) groups is 1. The second-order valence-electron chi connectivity index (χ2n) is 7.86. The zero-order chi connectivity index (χ0) is 19.8. The fourth-order valence-corrected chi connectivity index (χ4v) is 4.49. The second-order valence-corrected chi connectivity index (χ2v) is 7.86. The van der Waals surface area contributed by atoms with E-state index >= 15 is 0 Å². The Hall–Kier alpha value is -3.11. The Bertz CT molecular complexity index is 1210. The van der Waals surface area contributed by atoms with Crippen LogP contribution in [0.5, 0.6) is 0 Å². The third kappa shape index (κ3) is 3.40. The van der Waals surface area contributed by atoms with Crippen molar-refractivity contribution in [3.8, 4) is 0 Å². The molecule has 0 bridgehead atoms. The summed E-state index contributed by atoms with van der Waals surface area (Å²) < 4.78 is 0. The van der Waals surface area contributed by atoms with E-state index in [4.69, 9.17) is 0 Å². The van der Waals surface area contributed by atoms with E-state index < -0.39 is 0 Å². The number of carbonyl (C=O) groups excluding carboxylic acids is 1. The lowest BCUT2D eigenvalue weighted by atomic mass is 9.91. The summed E-state index contributed by atoms with van der Waals surface area (Å²) in [6, 6.07) is 20.6. The lowest BCUT2D eigenvalue weighted by Gasteiger charge is -2.23. The molecule has 3 N–H and O–H groups in total. The Morgan fingerprint density at radius 2 is 1.93 bits per heavy atom. The zero-order valence-electron chi connectivity index (χ0n) is 16.6. The molecule has 1 atom stereocenters. The first-order valence-electron chi connectivity index (χ1n) is 10.4. The predicted octanol–water partition coefficient (Wildman–Crippen LogP) is 5.04. The Balaban J connectivity index is 1.42. The van der Waals surface area contributed by atoms with Gasteiger partial charge in [-0.05, 0) is 72.5 Å². The number of rotatable bonds is 4.